The minimum Gasteiger partial charge on any atom is -0.314 e. The second kappa shape index (κ2) is 5.16. The van der Waals surface area contributed by atoms with Crippen LogP contribution in [-0.2, 0) is 6.67 Å². The van der Waals surface area contributed by atoms with Crippen LogP contribution in [0.2, 0.25) is 0 Å². The lowest BCUT2D eigenvalue weighted by Crippen LogP contribution is -2.35. The molecule has 2 amide bonds. The SMILES string of the molecule is Cc1ccc(=N)n(CN2C(=O)c3ccc([N+](=O)[O-])cc3C2=O)c1. The zero-order valence-corrected chi connectivity index (χ0v) is 12.1. The van der Waals surface area contributed by atoms with Gasteiger partial charge < -0.3 is 4.57 Å². The predicted molar refractivity (Wildman–Crippen MR) is 78.6 cm³/mol. The van der Waals surface area contributed by atoms with Gasteiger partial charge in [0, 0.05) is 18.3 Å². The molecule has 0 bridgehead atoms. The number of carbonyl (C=O) groups excluding carboxylic acids is 2. The van der Waals surface area contributed by atoms with Gasteiger partial charge in [-0.05, 0) is 24.6 Å². The van der Waals surface area contributed by atoms with Crippen molar-refractivity contribution in [3.8, 4) is 0 Å². The van der Waals surface area contributed by atoms with Gasteiger partial charge in [-0.2, -0.15) is 0 Å². The second-order valence-corrected chi connectivity index (χ2v) is 5.23. The van der Waals surface area contributed by atoms with E-state index < -0.39 is 16.7 Å². The van der Waals surface area contributed by atoms with Crippen LogP contribution in [0.4, 0.5) is 5.69 Å². The molecular weight excluding hydrogens is 300 g/mol. The first-order valence-electron chi connectivity index (χ1n) is 6.75. The van der Waals surface area contributed by atoms with Crippen LogP contribution in [0.15, 0.2) is 36.5 Å². The van der Waals surface area contributed by atoms with Gasteiger partial charge in [0.2, 0.25) is 0 Å². The highest BCUT2D eigenvalue weighted by Gasteiger charge is 2.36. The van der Waals surface area contributed by atoms with Crippen LogP contribution in [0.1, 0.15) is 26.3 Å². The number of hydrogen-bond acceptors (Lipinski definition) is 5. The van der Waals surface area contributed by atoms with E-state index in [-0.39, 0.29) is 29.0 Å². The molecule has 1 aliphatic heterocycles. The summed E-state index contributed by atoms with van der Waals surface area (Å²) in [5, 5.41) is 18.6. The highest BCUT2D eigenvalue weighted by Crippen LogP contribution is 2.26. The number of imide groups is 1. The lowest BCUT2D eigenvalue weighted by Gasteiger charge is -2.16. The number of hydrogen-bond donors (Lipinski definition) is 1. The average Bonchev–Trinajstić information content (AvgIpc) is 2.75. The third-order valence-corrected chi connectivity index (χ3v) is 3.63. The van der Waals surface area contributed by atoms with Crippen LogP contribution in [0.5, 0.6) is 0 Å². The number of amides is 2. The van der Waals surface area contributed by atoms with Crippen LogP contribution in [-0.4, -0.2) is 26.2 Å². The molecule has 116 valence electrons. The quantitative estimate of drug-likeness (QED) is 0.525. The van der Waals surface area contributed by atoms with E-state index in [1.807, 2.05) is 6.92 Å². The molecular formula is C15H12N4O4. The Morgan fingerprint density at radius 3 is 2.52 bits per heavy atom. The number of fused-ring (bicyclic) bond motifs is 1. The van der Waals surface area contributed by atoms with Crippen molar-refractivity contribution in [1.29, 1.82) is 5.41 Å². The predicted octanol–water partition coefficient (Wildman–Crippen LogP) is 1.44. The topological polar surface area (TPSA) is 109 Å². The van der Waals surface area contributed by atoms with Crippen LogP contribution in [0.25, 0.3) is 0 Å². The van der Waals surface area contributed by atoms with Crippen molar-refractivity contribution in [3.05, 3.63) is 68.8 Å². The number of non-ortho nitro benzene ring substituents is 1. The molecule has 0 atom stereocenters. The van der Waals surface area contributed by atoms with E-state index >= 15 is 0 Å². The summed E-state index contributed by atoms with van der Waals surface area (Å²) in [6.45, 7) is 1.72. The van der Waals surface area contributed by atoms with E-state index in [4.69, 9.17) is 5.41 Å². The summed E-state index contributed by atoms with van der Waals surface area (Å²) in [6, 6.07) is 6.92. The molecule has 0 radical (unpaired) electrons. The zero-order valence-electron chi connectivity index (χ0n) is 12.1. The molecule has 0 saturated heterocycles. The monoisotopic (exact) mass is 312 g/mol. The van der Waals surface area contributed by atoms with Crippen molar-refractivity contribution in [3.63, 3.8) is 0 Å². The number of aromatic nitrogens is 1. The van der Waals surface area contributed by atoms with E-state index in [1.54, 1.807) is 18.3 Å². The first-order valence-corrected chi connectivity index (χ1v) is 6.75. The first-order chi connectivity index (χ1) is 10.9. The smallest absolute Gasteiger partial charge is 0.270 e. The van der Waals surface area contributed by atoms with Gasteiger partial charge in [-0.15, -0.1) is 0 Å². The summed E-state index contributed by atoms with van der Waals surface area (Å²) < 4.78 is 1.46. The summed E-state index contributed by atoms with van der Waals surface area (Å²) in [5.41, 5.74) is 0.951. The molecule has 2 heterocycles. The Bertz CT molecular complexity index is 916. The largest absolute Gasteiger partial charge is 0.314 e. The minimum atomic E-state index is -0.613. The lowest BCUT2D eigenvalue weighted by molar-refractivity contribution is -0.384. The van der Waals surface area contributed by atoms with Gasteiger partial charge in [-0.1, -0.05) is 6.07 Å². The Kier molecular flexibility index (Phi) is 3.29. The Morgan fingerprint density at radius 1 is 1.13 bits per heavy atom. The van der Waals surface area contributed by atoms with E-state index in [9.17, 15) is 19.7 Å². The van der Waals surface area contributed by atoms with Gasteiger partial charge in [0.25, 0.3) is 17.5 Å². The Hall–Kier alpha value is -3.29. The van der Waals surface area contributed by atoms with E-state index in [2.05, 4.69) is 0 Å². The van der Waals surface area contributed by atoms with Crippen LogP contribution >= 0.6 is 0 Å². The highest BCUT2D eigenvalue weighted by molar-refractivity contribution is 6.21. The number of nitrogens with one attached hydrogen (secondary N) is 1. The van der Waals surface area contributed by atoms with Crippen molar-refractivity contribution in [2.24, 2.45) is 0 Å². The number of pyridine rings is 1. The van der Waals surface area contributed by atoms with Crippen LogP contribution < -0.4 is 5.49 Å². The fourth-order valence-electron chi connectivity index (χ4n) is 2.45. The summed E-state index contributed by atoms with van der Waals surface area (Å²) in [6.07, 6.45) is 1.66. The van der Waals surface area contributed by atoms with E-state index in [1.165, 1.54) is 16.7 Å². The molecule has 8 nitrogen and oxygen atoms in total. The van der Waals surface area contributed by atoms with E-state index in [0.717, 1.165) is 16.5 Å². The average molecular weight is 312 g/mol. The van der Waals surface area contributed by atoms with Crippen LogP contribution in [0.3, 0.4) is 0 Å². The maximum absolute atomic E-state index is 12.4. The number of aryl methyl sites for hydroxylation is 1. The Labute approximate surface area is 130 Å². The van der Waals surface area contributed by atoms with Crippen molar-refractivity contribution >= 4 is 17.5 Å². The maximum Gasteiger partial charge on any atom is 0.270 e. The summed E-state index contributed by atoms with van der Waals surface area (Å²) in [5.74, 6) is -1.12. The molecule has 1 aromatic carbocycles. The molecule has 3 rings (SSSR count). The molecule has 2 aromatic rings. The number of nitrogens with zero attached hydrogens (tertiary/aromatic N) is 3. The maximum atomic E-state index is 12.4. The number of rotatable bonds is 3. The second-order valence-electron chi connectivity index (χ2n) is 5.23. The molecule has 0 spiro atoms. The molecule has 0 saturated carbocycles. The Morgan fingerprint density at radius 2 is 1.83 bits per heavy atom. The van der Waals surface area contributed by atoms with Crippen molar-refractivity contribution in [1.82, 2.24) is 9.47 Å². The molecule has 0 aliphatic carbocycles. The first kappa shape index (κ1) is 14.6. The number of nitro groups is 1. The summed E-state index contributed by atoms with van der Waals surface area (Å²) in [4.78, 5) is 35.9. The van der Waals surface area contributed by atoms with Gasteiger partial charge in [-0.3, -0.25) is 30.0 Å². The molecule has 0 fully saturated rings. The van der Waals surface area contributed by atoms with Crippen molar-refractivity contribution in [2.45, 2.75) is 13.6 Å². The summed E-state index contributed by atoms with van der Waals surface area (Å²) in [7, 11) is 0. The molecule has 23 heavy (non-hydrogen) atoms. The fourth-order valence-corrected chi connectivity index (χ4v) is 2.45. The highest BCUT2D eigenvalue weighted by atomic mass is 16.6. The number of nitro benzene ring substituents is 1. The van der Waals surface area contributed by atoms with Gasteiger partial charge in [-0.25, -0.2) is 0 Å². The molecule has 1 aliphatic rings. The van der Waals surface area contributed by atoms with Gasteiger partial charge in [0.15, 0.2) is 0 Å². The standard InChI is InChI=1S/C15H12N4O4/c1-9-2-5-13(16)17(7-9)8-18-14(20)11-4-3-10(19(22)23)6-12(11)15(18)21/h2-7,16H,8H2,1H3. The third-order valence-electron chi connectivity index (χ3n) is 3.63. The van der Waals surface area contributed by atoms with Gasteiger partial charge in [0.05, 0.1) is 16.1 Å². The number of benzene rings is 1. The lowest BCUT2D eigenvalue weighted by atomic mass is 10.1. The normalized spacial score (nSPS) is 13.3. The summed E-state index contributed by atoms with van der Waals surface area (Å²) >= 11 is 0. The van der Waals surface area contributed by atoms with Crippen molar-refractivity contribution < 1.29 is 14.5 Å². The Balaban J connectivity index is 1.98. The van der Waals surface area contributed by atoms with Gasteiger partial charge in [0.1, 0.15) is 12.2 Å². The zero-order chi connectivity index (χ0) is 16.7. The molecule has 1 N–H and O–H groups in total. The number of carbonyl (C=O) groups is 2. The third kappa shape index (κ3) is 2.39. The minimum absolute atomic E-state index is 0.0176. The molecule has 0 unspecified atom stereocenters. The van der Waals surface area contributed by atoms with Crippen LogP contribution in [0, 0.1) is 22.4 Å². The molecule has 8 heteroatoms. The van der Waals surface area contributed by atoms with E-state index in [0.29, 0.717) is 0 Å². The van der Waals surface area contributed by atoms with Crippen molar-refractivity contribution in [2.75, 3.05) is 0 Å². The fraction of sp³-hybridized carbons (Fsp3) is 0.133. The molecule has 1 aromatic heterocycles. The van der Waals surface area contributed by atoms with Gasteiger partial charge >= 0.3 is 0 Å².